The van der Waals surface area contributed by atoms with Crippen molar-refractivity contribution < 1.29 is 19.5 Å². The molecule has 5 aromatic rings. The first-order valence-corrected chi connectivity index (χ1v) is 16.4. The summed E-state index contributed by atoms with van der Waals surface area (Å²) in [6.45, 7) is 3.90. The summed E-state index contributed by atoms with van der Waals surface area (Å²) in [6, 6.07) is 13.9. The molecule has 0 spiro atoms. The first-order chi connectivity index (χ1) is 24.1. The van der Waals surface area contributed by atoms with Crippen molar-refractivity contribution in [2.24, 2.45) is 5.16 Å². The smallest absolute Gasteiger partial charge is 0.360 e. The third kappa shape index (κ3) is 6.84. The minimum atomic E-state index is -1.33. The van der Waals surface area contributed by atoms with Crippen LogP contribution in [-0.4, -0.2) is 67.9 Å². The highest BCUT2D eigenvalue weighted by Crippen LogP contribution is 2.38. The first-order valence-electron chi connectivity index (χ1n) is 15.5. The van der Waals surface area contributed by atoms with E-state index in [4.69, 9.17) is 0 Å². The molecule has 1 aliphatic rings. The number of carboxylic acids is 1. The number of oxime groups is 1. The zero-order valence-corrected chi connectivity index (χ0v) is 28.3. The molecular weight excluding hydrogens is 661 g/mol. The molecule has 254 valence electrons. The third-order valence-corrected chi connectivity index (χ3v) is 8.88. The van der Waals surface area contributed by atoms with Crippen LogP contribution in [0.2, 0.25) is 0 Å². The van der Waals surface area contributed by atoms with E-state index in [0.717, 1.165) is 45.6 Å². The summed E-state index contributed by atoms with van der Waals surface area (Å²) in [4.78, 5) is 72.6. The molecular formula is C35H32N8O6S. The topological polar surface area (TPSA) is 185 Å². The van der Waals surface area contributed by atoms with Gasteiger partial charge in [-0.05, 0) is 41.2 Å². The largest absolute Gasteiger partial charge is 0.476 e. The quantitative estimate of drug-likeness (QED) is 0.141. The van der Waals surface area contributed by atoms with Gasteiger partial charge in [-0.3, -0.25) is 19.1 Å². The van der Waals surface area contributed by atoms with Crippen LogP contribution in [0.4, 0.5) is 11.1 Å². The van der Waals surface area contributed by atoms with E-state index in [1.807, 2.05) is 25.1 Å². The molecule has 1 unspecified atom stereocenters. The molecule has 0 aliphatic heterocycles. The Morgan fingerprint density at radius 3 is 2.54 bits per heavy atom. The second-order valence-corrected chi connectivity index (χ2v) is 12.4. The Morgan fingerprint density at radius 1 is 1.08 bits per heavy atom. The highest BCUT2D eigenvalue weighted by molar-refractivity contribution is 7.14. The molecule has 6 rings (SSSR count). The predicted molar refractivity (Wildman–Crippen MR) is 190 cm³/mol. The Kier molecular flexibility index (Phi) is 9.49. The van der Waals surface area contributed by atoms with E-state index in [1.165, 1.54) is 46.0 Å². The van der Waals surface area contributed by atoms with Gasteiger partial charge in [0.05, 0.1) is 6.54 Å². The van der Waals surface area contributed by atoms with Gasteiger partial charge in [0, 0.05) is 42.4 Å². The first kappa shape index (κ1) is 33.7. The van der Waals surface area contributed by atoms with Gasteiger partial charge in [0.25, 0.3) is 5.56 Å². The highest BCUT2D eigenvalue weighted by Gasteiger charge is 2.27. The highest BCUT2D eigenvalue weighted by atomic mass is 32.1. The number of H-pyrrole nitrogens is 1. The Labute approximate surface area is 289 Å². The Balaban J connectivity index is 1.31. The van der Waals surface area contributed by atoms with Crippen LogP contribution >= 0.6 is 11.3 Å². The molecule has 0 saturated carbocycles. The molecule has 1 aliphatic carbocycles. The number of carbonyl (C=O) groups excluding carboxylic acids is 1. The molecule has 15 heteroatoms. The molecule has 1 atom stereocenters. The number of aryl methyl sites for hydroxylation is 2. The lowest BCUT2D eigenvalue weighted by Crippen LogP contribution is -2.34. The normalized spacial score (nSPS) is 13.6. The van der Waals surface area contributed by atoms with Gasteiger partial charge in [0.15, 0.2) is 5.13 Å². The van der Waals surface area contributed by atoms with Gasteiger partial charge < -0.3 is 20.2 Å². The van der Waals surface area contributed by atoms with Gasteiger partial charge in [0.2, 0.25) is 17.6 Å². The second-order valence-electron chi connectivity index (χ2n) is 11.5. The number of nitrogens with one attached hydrogen (secondary N) is 2. The van der Waals surface area contributed by atoms with Gasteiger partial charge >= 0.3 is 11.7 Å². The number of aliphatic carboxylic acids is 1. The summed E-state index contributed by atoms with van der Waals surface area (Å²) in [5.74, 6) is -1.97. The van der Waals surface area contributed by atoms with Crippen molar-refractivity contribution in [2.75, 3.05) is 30.9 Å². The number of rotatable bonds is 10. The van der Waals surface area contributed by atoms with Crippen LogP contribution in [0, 0.1) is 6.92 Å². The number of anilines is 2. The fraction of sp³-hybridized carbons (Fsp3) is 0.200. The van der Waals surface area contributed by atoms with Crippen molar-refractivity contribution >= 4 is 52.2 Å². The monoisotopic (exact) mass is 692 g/mol. The fourth-order valence-electron chi connectivity index (χ4n) is 5.73. The van der Waals surface area contributed by atoms with Gasteiger partial charge in [-0.1, -0.05) is 66.2 Å². The maximum Gasteiger partial charge on any atom is 0.360 e. The van der Waals surface area contributed by atoms with E-state index in [-0.39, 0.29) is 29.1 Å². The number of aromatic amines is 1. The lowest BCUT2D eigenvalue weighted by molar-refractivity contribution is -0.129. The third-order valence-electron chi connectivity index (χ3n) is 8.12. The van der Waals surface area contributed by atoms with Gasteiger partial charge in [-0.2, -0.15) is 4.98 Å². The number of amides is 1. The number of hydrogen-bond acceptors (Lipinski definition) is 11. The molecule has 0 saturated heterocycles. The van der Waals surface area contributed by atoms with Crippen LogP contribution in [0.25, 0.3) is 18.0 Å². The number of carbonyl (C=O) groups is 2. The maximum atomic E-state index is 13.6. The zero-order valence-electron chi connectivity index (χ0n) is 27.5. The summed E-state index contributed by atoms with van der Waals surface area (Å²) in [7, 11) is 2.81. The molecule has 0 radical (unpaired) electrons. The number of thiazole rings is 1. The van der Waals surface area contributed by atoms with E-state index in [9.17, 15) is 24.3 Å². The van der Waals surface area contributed by atoms with Gasteiger partial charge in [0.1, 0.15) is 18.6 Å². The lowest BCUT2D eigenvalue weighted by atomic mass is 9.82. The SMILES string of the molecule is CCc1ccc2c(c1)C=Cc1cc(C)ccc1C2c1cn(-c2ccnc(N(C)CC(=O)Nc3nc(/C(=N/OC)C(=O)O)cs3)n2)c(=O)[nH]c1=O. The molecule has 3 heterocycles. The van der Waals surface area contributed by atoms with Crippen LogP contribution in [0.5, 0.6) is 0 Å². The lowest BCUT2D eigenvalue weighted by Gasteiger charge is -2.22. The molecule has 0 bridgehead atoms. The van der Waals surface area contributed by atoms with E-state index < -0.39 is 34.8 Å². The predicted octanol–water partition coefficient (Wildman–Crippen LogP) is 3.82. The summed E-state index contributed by atoms with van der Waals surface area (Å²) in [5.41, 5.74) is 4.87. The van der Waals surface area contributed by atoms with Crippen LogP contribution in [0.1, 0.15) is 57.5 Å². The molecule has 14 nitrogen and oxygen atoms in total. The van der Waals surface area contributed by atoms with E-state index in [0.29, 0.717) is 5.56 Å². The van der Waals surface area contributed by atoms with Gasteiger partial charge in [-0.15, -0.1) is 11.3 Å². The van der Waals surface area contributed by atoms with Crippen LogP contribution < -0.4 is 21.5 Å². The van der Waals surface area contributed by atoms with Crippen molar-refractivity contribution in [3.63, 3.8) is 0 Å². The number of aromatic nitrogens is 5. The van der Waals surface area contributed by atoms with Crippen molar-refractivity contribution in [2.45, 2.75) is 26.2 Å². The molecule has 3 aromatic heterocycles. The van der Waals surface area contributed by atoms with E-state index in [1.54, 1.807) is 7.05 Å². The Morgan fingerprint density at radius 2 is 1.82 bits per heavy atom. The minimum absolute atomic E-state index is 0.0302. The average Bonchev–Trinajstić information content (AvgIpc) is 3.48. The summed E-state index contributed by atoms with van der Waals surface area (Å²) < 4.78 is 1.26. The standard InChI is InChI=1S/C35H32N8O6S/c1-5-20-7-11-24-22(15-20)9-8-21-14-19(2)6-10-23(21)29(24)25-16-43(35(48)40-31(25)45)27-12-13-36-33(38-27)42(3)17-28(44)39-34-37-26(18-50-34)30(32(46)47)41-49-4/h6-16,18,29H,5,17H2,1-4H3,(H,46,47)(H,37,39,44)(H,40,45,48)/b41-30-. The Bertz CT molecular complexity index is 2310. The zero-order chi connectivity index (χ0) is 35.5. The summed E-state index contributed by atoms with van der Waals surface area (Å²) >= 11 is 1.02. The maximum absolute atomic E-state index is 13.6. The molecule has 3 N–H and O–H groups in total. The van der Waals surface area contributed by atoms with Crippen LogP contribution in [0.15, 0.2) is 75.0 Å². The summed E-state index contributed by atoms with van der Waals surface area (Å²) in [5, 5.41) is 17.0. The van der Waals surface area contributed by atoms with E-state index in [2.05, 4.69) is 72.5 Å². The number of nitrogens with zero attached hydrogens (tertiary/aromatic N) is 6. The van der Waals surface area contributed by atoms with E-state index >= 15 is 0 Å². The molecule has 0 fully saturated rings. The fourth-order valence-corrected chi connectivity index (χ4v) is 6.44. The minimum Gasteiger partial charge on any atom is -0.476 e. The second kappa shape index (κ2) is 14.1. The van der Waals surface area contributed by atoms with Crippen molar-refractivity contribution in [3.8, 4) is 5.82 Å². The average molecular weight is 693 g/mol. The number of carboxylic acid groups (broad SMARTS) is 1. The van der Waals surface area contributed by atoms with Crippen LogP contribution in [-0.2, 0) is 20.8 Å². The number of hydrogen-bond donors (Lipinski definition) is 3. The van der Waals surface area contributed by atoms with Crippen molar-refractivity contribution in [1.29, 1.82) is 0 Å². The number of fused-ring (bicyclic) bond motifs is 2. The van der Waals surface area contributed by atoms with Crippen molar-refractivity contribution in [3.05, 3.63) is 126 Å². The molecule has 50 heavy (non-hydrogen) atoms. The Hall–Kier alpha value is -6.22. The molecule has 2 aromatic carbocycles. The summed E-state index contributed by atoms with van der Waals surface area (Å²) in [6.07, 6.45) is 7.96. The molecule has 1 amide bonds. The number of likely N-dealkylation sites (N-methyl/N-ethyl adjacent to an activating group) is 1. The van der Waals surface area contributed by atoms with Crippen LogP contribution in [0.3, 0.4) is 0 Å². The van der Waals surface area contributed by atoms with Crippen molar-refractivity contribution in [1.82, 2.24) is 24.5 Å². The van der Waals surface area contributed by atoms with Gasteiger partial charge in [-0.25, -0.2) is 19.6 Å². The number of benzene rings is 2.